The van der Waals surface area contributed by atoms with E-state index in [1.165, 1.54) is 4.68 Å². The predicted molar refractivity (Wildman–Crippen MR) is 125 cm³/mol. The summed E-state index contributed by atoms with van der Waals surface area (Å²) in [7, 11) is 0. The number of hydrogen-bond donors (Lipinski definition) is 1. The highest BCUT2D eigenvalue weighted by atomic mass is 35.5. The number of hydrogen-bond acceptors (Lipinski definition) is 5. The van der Waals surface area contributed by atoms with E-state index in [2.05, 4.69) is 10.4 Å². The largest absolute Gasteiger partial charge is 0.451 e. The van der Waals surface area contributed by atoms with E-state index in [0.29, 0.717) is 15.8 Å². The molecule has 0 spiro atoms. The zero-order valence-electron chi connectivity index (χ0n) is 17.5. The Bertz CT molecular complexity index is 1370. The molecule has 4 aromatic rings. The maximum atomic E-state index is 12.9. The molecule has 166 valence electrons. The van der Waals surface area contributed by atoms with Gasteiger partial charge in [-0.1, -0.05) is 78.3 Å². The fraction of sp³-hybridized carbons (Fsp3) is 0.120. The summed E-state index contributed by atoms with van der Waals surface area (Å²) < 4.78 is 6.43. The van der Waals surface area contributed by atoms with Gasteiger partial charge in [0.25, 0.3) is 11.5 Å². The lowest BCUT2D eigenvalue weighted by Crippen LogP contribution is -2.30. The summed E-state index contributed by atoms with van der Waals surface area (Å²) in [6.45, 7) is -0.0839. The molecule has 0 aliphatic heterocycles. The SMILES string of the molecule is O=C(COC(=O)c1nn(Cc2ccccc2)c(=O)c2ccccc12)NCc1ccccc1Cl. The van der Waals surface area contributed by atoms with Crippen molar-refractivity contribution in [2.24, 2.45) is 0 Å². The Kier molecular flexibility index (Phi) is 6.80. The highest BCUT2D eigenvalue weighted by molar-refractivity contribution is 6.31. The highest BCUT2D eigenvalue weighted by Gasteiger charge is 2.19. The van der Waals surface area contributed by atoms with E-state index in [1.807, 2.05) is 36.4 Å². The smallest absolute Gasteiger partial charge is 0.359 e. The van der Waals surface area contributed by atoms with Gasteiger partial charge in [0, 0.05) is 17.0 Å². The molecule has 0 saturated carbocycles. The first-order valence-electron chi connectivity index (χ1n) is 10.2. The second kappa shape index (κ2) is 10.1. The Morgan fingerprint density at radius 3 is 2.33 bits per heavy atom. The molecular weight excluding hydrogens is 442 g/mol. The van der Waals surface area contributed by atoms with E-state index in [4.69, 9.17) is 16.3 Å². The number of carbonyl (C=O) groups is 2. The van der Waals surface area contributed by atoms with Crippen LogP contribution in [0.3, 0.4) is 0 Å². The van der Waals surface area contributed by atoms with E-state index in [9.17, 15) is 14.4 Å². The second-order valence-corrected chi connectivity index (χ2v) is 7.69. The minimum atomic E-state index is -0.791. The number of esters is 1. The van der Waals surface area contributed by atoms with Crippen molar-refractivity contribution in [2.75, 3.05) is 6.61 Å². The molecule has 1 heterocycles. The Hall–Kier alpha value is -3.97. The lowest BCUT2D eigenvalue weighted by atomic mass is 10.1. The Morgan fingerprint density at radius 2 is 1.58 bits per heavy atom. The maximum Gasteiger partial charge on any atom is 0.359 e. The zero-order valence-corrected chi connectivity index (χ0v) is 18.3. The van der Waals surface area contributed by atoms with E-state index in [0.717, 1.165) is 11.1 Å². The van der Waals surface area contributed by atoms with Crippen LogP contribution in [-0.4, -0.2) is 28.3 Å². The number of fused-ring (bicyclic) bond motifs is 1. The van der Waals surface area contributed by atoms with Crippen molar-refractivity contribution < 1.29 is 14.3 Å². The molecule has 0 radical (unpaired) electrons. The molecule has 0 bridgehead atoms. The molecule has 1 amide bonds. The Morgan fingerprint density at radius 1 is 0.909 bits per heavy atom. The summed E-state index contributed by atoms with van der Waals surface area (Å²) in [6, 6.07) is 23.1. The number of benzene rings is 3. The van der Waals surface area contributed by atoms with Crippen LogP contribution < -0.4 is 10.9 Å². The monoisotopic (exact) mass is 461 g/mol. The molecule has 0 aliphatic rings. The van der Waals surface area contributed by atoms with Gasteiger partial charge in [-0.25, -0.2) is 9.48 Å². The minimum absolute atomic E-state index is 0.0277. The number of nitrogens with one attached hydrogen (secondary N) is 1. The predicted octanol–water partition coefficient (Wildman–Crippen LogP) is 3.57. The lowest BCUT2D eigenvalue weighted by molar-refractivity contribution is -0.124. The van der Waals surface area contributed by atoms with Crippen LogP contribution in [0.4, 0.5) is 0 Å². The fourth-order valence-corrected chi connectivity index (χ4v) is 3.54. The number of amides is 1. The number of aromatic nitrogens is 2. The third kappa shape index (κ3) is 5.27. The van der Waals surface area contributed by atoms with Crippen molar-refractivity contribution in [3.63, 3.8) is 0 Å². The standard InChI is InChI=1S/C25H20ClN3O4/c26-21-13-7-4-10-18(21)14-27-22(30)16-33-25(32)23-19-11-5-6-12-20(19)24(31)29(28-23)15-17-8-2-1-3-9-17/h1-13H,14-16H2,(H,27,30). The normalized spacial score (nSPS) is 10.7. The van der Waals surface area contributed by atoms with Crippen LogP contribution in [0.1, 0.15) is 21.6 Å². The topological polar surface area (TPSA) is 90.3 Å². The number of ether oxygens (including phenoxy) is 1. The van der Waals surface area contributed by atoms with Crippen LogP contribution in [0.2, 0.25) is 5.02 Å². The summed E-state index contributed by atoms with van der Waals surface area (Å²) in [5.41, 5.74) is 1.27. The van der Waals surface area contributed by atoms with Crippen LogP contribution in [0, 0.1) is 0 Å². The van der Waals surface area contributed by atoms with Crippen LogP contribution >= 0.6 is 11.6 Å². The molecule has 0 unspecified atom stereocenters. The van der Waals surface area contributed by atoms with E-state index < -0.39 is 18.5 Å². The zero-order chi connectivity index (χ0) is 23.2. The van der Waals surface area contributed by atoms with E-state index in [1.54, 1.807) is 42.5 Å². The summed E-state index contributed by atoms with van der Waals surface area (Å²) in [5.74, 6) is -1.27. The van der Waals surface area contributed by atoms with Gasteiger partial charge in [0.2, 0.25) is 0 Å². The molecule has 0 saturated heterocycles. The average molecular weight is 462 g/mol. The third-order valence-corrected chi connectivity index (χ3v) is 5.37. The van der Waals surface area contributed by atoms with Crippen molar-refractivity contribution in [2.45, 2.75) is 13.1 Å². The molecule has 0 aliphatic carbocycles. The Labute approximate surface area is 194 Å². The molecule has 8 heteroatoms. The summed E-state index contributed by atoms with van der Waals surface area (Å²) in [5, 5.41) is 8.17. The first-order chi connectivity index (χ1) is 16.0. The van der Waals surface area contributed by atoms with Gasteiger partial charge >= 0.3 is 5.97 Å². The first kappa shape index (κ1) is 22.2. The van der Waals surface area contributed by atoms with Gasteiger partial charge in [-0.2, -0.15) is 5.10 Å². The number of halogens is 1. The fourth-order valence-electron chi connectivity index (χ4n) is 3.34. The van der Waals surface area contributed by atoms with Crippen LogP contribution in [0.5, 0.6) is 0 Å². The van der Waals surface area contributed by atoms with Crippen LogP contribution in [0.25, 0.3) is 10.8 Å². The van der Waals surface area contributed by atoms with Crippen molar-refractivity contribution in [1.29, 1.82) is 0 Å². The first-order valence-corrected chi connectivity index (χ1v) is 10.6. The van der Waals surface area contributed by atoms with Gasteiger partial charge < -0.3 is 10.1 Å². The van der Waals surface area contributed by atoms with Crippen molar-refractivity contribution in [1.82, 2.24) is 15.1 Å². The summed E-state index contributed by atoms with van der Waals surface area (Å²) in [4.78, 5) is 37.9. The number of carbonyl (C=O) groups excluding carboxylic acids is 2. The lowest BCUT2D eigenvalue weighted by Gasteiger charge is -2.11. The molecule has 0 fully saturated rings. The maximum absolute atomic E-state index is 12.9. The van der Waals surface area contributed by atoms with E-state index >= 15 is 0 Å². The van der Waals surface area contributed by atoms with Crippen molar-refractivity contribution >= 4 is 34.2 Å². The molecule has 4 rings (SSSR count). The molecule has 0 atom stereocenters. The van der Waals surface area contributed by atoms with Gasteiger partial charge in [-0.05, 0) is 23.3 Å². The van der Waals surface area contributed by atoms with Crippen LogP contribution in [-0.2, 0) is 22.6 Å². The molecule has 1 aromatic heterocycles. The molecule has 33 heavy (non-hydrogen) atoms. The summed E-state index contributed by atoms with van der Waals surface area (Å²) >= 11 is 6.08. The minimum Gasteiger partial charge on any atom is -0.451 e. The molecular formula is C25H20ClN3O4. The van der Waals surface area contributed by atoms with Crippen LogP contribution in [0.15, 0.2) is 83.7 Å². The Balaban J connectivity index is 1.51. The van der Waals surface area contributed by atoms with Crippen molar-refractivity contribution in [3.05, 3.63) is 111 Å². The second-order valence-electron chi connectivity index (χ2n) is 7.29. The number of rotatable bonds is 7. The number of nitrogens with zero attached hydrogens (tertiary/aromatic N) is 2. The van der Waals surface area contributed by atoms with Crippen molar-refractivity contribution in [3.8, 4) is 0 Å². The highest BCUT2D eigenvalue weighted by Crippen LogP contribution is 2.16. The van der Waals surface area contributed by atoms with Gasteiger partial charge in [0.15, 0.2) is 12.3 Å². The third-order valence-electron chi connectivity index (χ3n) is 5.00. The average Bonchev–Trinajstić information content (AvgIpc) is 2.84. The van der Waals surface area contributed by atoms with Gasteiger partial charge in [-0.3, -0.25) is 9.59 Å². The summed E-state index contributed by atoms with van der Waals surface area (Å²) in [6.07, 6.45) is 0. The molecule has 1 N–H and O–H groups in total. The van der Waals surface area contributed by atoms with Gasteiger partial charge in [0.1, 0.15) is 0 Å². The van der Waals surface area contributed by atoms with Gasteiger partial charge in [-0.15, -0.1) is 0 Å². The van der Waals surface area contributed by atoms with Gasteiger partial charge in [0.05, 0.1) is 11.9 Å². The quantitative estimate of drug-likeness (QED) is 0.425. The molecule has 3 aromatic carbocycles. The van der Waals surface area contributed by atoms with E-state index in [-0.39, 0.29) is 24.3 Å². The molecule has 7 nitrogen and oxygen atoms in total.